The third-order valence-corrected chi connectivity index (χ3v) is 6.10. The molecule has 1 fully saturated rings. The number of carbonyl (C=O) groups is 1. The van der Waals surface area contributed by atoms with Gasteiger partial charge in [-0.2, -0.15) is 0 Å². The molecule has 2 aliphatic rings. The summed E-state index contributed by atoms with van der Waals surface area (Å²) in [5.74, 6) is 1.46. The minimum atomic E-state index is -0.496. The fraction of sp³-hybridized carbons (Fsp3) is 0.208. The largest absolute Gasteiger partial charge is 0.454 e. The van der Waals surface area contributed by atoms with Gasteiger partial charge in [0.1, 0.15) is 0 Å². The van der Waals surface area contributed by atoms with E-state index in [4.69, 9.17) is 21.1 Å². The van der Waals surface area contributed by atoms with Crippen LogP contribution in [0, 0.1) is 6.92 Å². The highest BCUT2D eigenvalue weighted by molar-refractivity contribution is 6.30. The molecule has 0 atom stereocenters. The fourth-order valence-electron chi connectivity index (χ4n) is 3.92. The summed E-state index contributed by atoms with van der Waals surface area (Å²) in [5, 5.41) is 3.87. The lowest BCUT2D eigenvalue weighted by Crippen LogP contribution is -2.28. The highest BCUT2D eigenvalue weighted by Gasteiger charge is 2.51. The molecule has 1 aliphatic heterocycles. The van der Waals surface area contributed by atoms with Crippen molar-refractivity contribution in [2.24, 2.45) is 0 Å². The summed E-state index contributed by atoms with van der Waals surface area (Å²) in [5.41, 5.74) is 4.49. The van der Waals surface area contributed by atoms with Gasteiger partial charge < -0.3 is 14.8 Å². The topological polar surface area (TPSA) is 47.6 Å². The Bertz CT molecular complexity index is 1100. The number of rotatable bonds is 4. The van der Waals surface area contributed by atoms with Gasteiger partial charge in [0.15, 0.2) is 11.5 Å². The summed E-state index contributed by atoms with van der Waals surface area (Å²) < 4.78 is 10.9. The van der Waals surface area contributed by atoms with Gasteiger partial charge in [0, 0.05) is 10.7 Å². The Hall–Kier alpha value is -2.98. The Morgan fingerprint density at radius 2 is 1.76 bits per heavy atom. The quantitative estimate of drug-likeness (QED) is 0.604. The highest BCUT2D eigenvalue weighted by Crippen LogP contribution is 2.51. The van der Waals surface area contributed by atoms with Crippen LogP contribution in [0.15, 0.2) is 60.7 Å². The molecular formula is C24H20ClNO3. The molecule has 0 aromatic heterocycles. The summed E-state index contributed by atoms with van der Waals surface area (Å²) in [4.78, 5) is 13.2. The zero-order valence-corrected chi connectivity index (χ0v) is 16.8. The van der Waals surface area contributed by atoms with Crippen molar-refractivity contribution in [2.75, 3.05) is 12.1 Å². The Morgan fingerprint density at radius 1 is 1.00 bits per heavy atom. The first-order valence-electron chi connectivity index (χ1n) is 9.64. The van der Waals surface area contributed by atoms with Gasteiger partial charge in [-0.3, -0.25) is 4.79 Å². The van der Waals surface area contributed by atoms with Crippen LogP contribution in [-0.2, 0) is 10.2 Å². The number of hydrogen-bond donors (Lipinski definition) is 1. The van der Waals surface area contributed by atoms with E-state index in [-0.39, 0.29) is 12.7 Å². The zero-order chi connectivity index (χ0) is 20.0. The van der Waals surface area contributed by atoms with Crippen LogP contribution in [0.3, 0.4) is 0 Å². The lowest BCUT2D eigenvalue weighted by molar-refractivity contribution is -0.118. The maximum absolute atomic E-state index is 13.2. The fourth-order valence-corrected chi connectivity index (χ4v) is 4.05. The molecule has 1 saturated carbocycles. The molecule has 1 N–H and O–H groups in total. The van der Waals surface area contributed by atoms with E-state index < -0.39 is 5.41 Å². The molecule has 3 aromatic rings. The van der Waals surface area contributed by atoms with Crippen LogP contribution in [0.1, 0.15) is 24.0 Å². The van der Waals surface area contributed by atoms with E-state index in [9.17, 15) is 4.79 Å². The average Bonchev–Trinajstić information content (AvgIpc) is 3.41. The number of hydrogen-bond acceptors (Lipinski definition) is 3. The molecule has 146 valence electrons. The predicted octanol–water partition coefficient (Wildman–Crippen LogP) is 5.71. The van der Waals surface area contributed by atoms with Gasteiger partial charge in [-0.05, 0) is 72.4 Å². The molecule has 3 aromatic carbocycles. The number of nitrogens with one attached hydrogen (secondary N) is 1. The molecule has 0 spiro atoms. The number of amides is 1. The van der Waals surface area contributed by atoms with E-state index in [0.29, 0.717) is 10.8 Å². The molecule has 0 unspecified atom stereocenters. The number of benzene rings is 3. The minimum Gasteiger partial charge on any atom is -0.454 e. The third-order valence-electron chi connectivity index (χ3n) is 5.85. The molecule has 5 heteroatoms. The van der Waals surface area contributed by atoms with Crippen molar-refractivity contribution in [2.45, 2.75) is 25.2 Å². The van der Waals surface area contributed by atoms with Gasteiger partial charge in [0.25, 0.3) is 0 Å². The number of anilines is 1. The first-order chi connectivity index (χ1) is 14.1. The number of carbonyl (C=O) groups excluding carboxylic acids is 1. The maximum Gasteiger partial charge on any atom is 0.235 e. The first-order valence-corrected chi connectivity index (χ1v) is 10.0. The molecule has 1 aliphatic carbocycles. The zero-order valence-electron chi connectivity index (χ0n) is 16.0. The van der Waals surface area contributed by atoms with Crippen molar-refractivity contribution in [3.63, 3.8) is 0 Å². The molecule has 29 heavy (non-hydrogen) atoms. The molecule has 0 radical (unpaired) electrons. The van der Waals surface area contributed by atoms with Crippen LogP contribution >= 0.6 is 11.6 Å². The second-order valence-corrected chi connectivity index (χ2v) is 8.03. The Labute approximate surface area is 174 Å². The number of fused-ring (bicyclic) bond motifs is 1. The van der Waals surface area contributed by atoms with Crippen LogP contribution < -0.4 is 14.8 Å². The van der Waals surface area contributed by atoms with Crippen LogP contribution in [0.4, 0.5) is 5.69 Å². The van der Waals surface area contributed by atoms with Crippen molar-refractivity contribution >= 4 is 23.2 Å². The van der Waals surface area contributed by atoms with Crippen molar-refractivity contribution in [3.05, 3.63) is 76.8 Å². The predicted molar refractivity (Wildman–Crippen MR) is 114 cm³/mol. The van der Waals surface area contributed by atoms with Crippen molar-refractivity contribution in [1.82, 2.24) is 0 Å². The third kappa shape index (κ3) is 3.14. The Balaban J connectivity index is 1.42. The molecule has 1 amide bonds. The lowest BCUT2D eigenvalue weighted by atomic mass is 9.93. The summed E-state index contributed by atoms with van der Waals surface area (Å²) in [6.45, 7) is 2.26. The van der Waals surface area contributed by atoms with Gasteiger partial charge in [-0.1, -0.05) is 41.9 Å². The first kappa shape index (κ1) is 18.1. The van der Waals surface area contributed by atoms with Crippen LogP contribution in [0.25, 0.3) is 11.1 Å². The molecule has 0 bridgehead atoms. The van der Waals surface area contributed by atoms with Crippen LogP contribution in [-0.4, -0.2) is 12.7 Å². The Kier molecular flexibility index (Phi) is 4.25. The van der Waals surface area contributed by atoms with Gasteiger partial charge in [-0.25, -0.2) is 0 Å². The standard InChI is InChI=1S/C24H20ClNO3/c1-15-19(16-5-8-18(25)9-6-16)3-2-4-20(15)26-23(27)24(11-12-24)17-7-10-21-22(13-17)29-14-28-21/h2-10,13H,11-12,14H2,1H3,(H,26,27). The summed E-state index contributed by atoms with van der Waals surface area (Å²) in [6, 6.07) is 19.5. The van der Waals surface area contributed by atoms with Crippen molar-refractivity contribution < 1.29 is 14.3 Å². The smallest absolute Gasteiger partial charge is 0.235 e. The van der Waals surface area contributed by atoms with Crippen molar-refractivity contribution in [3.8, 4) is 22.6 Å². The summed E-state index contributed by atoms with van der Waals surface area (Å²) >= 11 is 6.02. The molecular weight excluding hydrogens is 386 g/mol. The minimum absolute atomic E-state index is 0.0210. The average molecular weight is 406 g/mol. The second-order valence-electron chi connectivity index (χ2n) is 7.59. The Morgan fingerprint density at radius 3 is 2.52 bits per heavy atom. The van der Waals surface area contributed by atoms with Crippen LogP contribution in [0.5, 0.6) is 11.5 Å². The second kappa shape index (κ2) is 6.82. The van der Waals surface area contributed by atoms with Gasteiger partial charge in [-0.15, -0.1) is 0 Å². The normalized spacial score (nSPS) is 15.8. The van der Waals surface area contributed by atoms with Crippen molar-refractivity contribution in [1.29, 1.82) is 0 Å². The number of halogens is 1. The maximum atomic E-state index is 13.2. The van der Waals surface area contributed by atoms with E-state index in [1.54, 1.807) is 0 Å². The monoisotopic (exact) mass is 405 g/mol. The SMILES string of the molecule is Cc1c(NC(=O)C2(c3ccc4c(c3)OCO4)CC2)cccc1-c1ccc(Cl)cc1. The van der Waals surface area contributed by atoms with E-state index >= 15 is 0 Å². The van der Waals surface area contributed by atoms with Gasteiger partial charge in [0.05, 0.1) is 5.41 Å². The van der Waals surface area contributed by atoms with Gasteiger partial charge in [0.2, 0.25) is 12.7 Å². The molecule has 1 heterocycles. The van der Waals surface area contributed by atoms with Gasteiger partial charge >= 0.3 is 0 Å². The molecule has 0 saturated heterocycles. The highest BCUT2D eigenvalue weighted by atomic mass is 35.5. The molecule has 5 rings (SSSR count). The van der Waals surface area contributed by atoms with E-state index in [0.717, 1.165) is 46.5 Å². The van der Waals surface area contributed by atoms with E-state index in [2.05, 4.69) is 11.4 Å². The number of ether oxygens (including phenoxy) is 2. The molecule has 4 nitrogen and oxygen atoms in total. The van der Waals surface area contributed by atoms with Crippen LogP contribution in [0.2, 0.25) is 5.02 Å². The van der Waals surface area contributed by atoms with E-state index in [1.165, 1.54) is 0 Å². The summed E-state index contributed by atoms with van der Waals surface area (Å²) in [6.07, 6.45) is 1.66. The summed E-state index contributed by atoms with van der Waals surface area (Å²) in [7, 11) is 0. The lowest BCUT2D eigenvalue weighted by Gasteiger charge is -2.18. The van der Waals surface area contributed by atoms with E-state index in [1.807, 2.05) is 61.5 Å².